The summed E-state index contributed by atoms with van der Waals surface area (Å²) in [5.74, 6) is -0.229. The molecule has 0 aromatic rings. The topological polar surface area (TPSA) is 108 Å². The summed E-state index contributed by atoms with van der Waals surface area (Å²) in [6.07, 6.45) is 13.7. The molecular weight excluding hydrogens is 458 g/mol. The lowest BCUT2D eigenvalue weighted by molar-refractivity contribution is -0.144. The van der Waals surface area contributed by atoms with Gasteiger partial charge < -0.3 is 25.0 Å². The molecule has 1 unspecified atom stereocenters. The third-order valence-electron chi connectivity index (χ3n) is 7.27. The minimum absolute atomic E-state index is 0.0105. The minimum atomic E-state index is -1.05. The zero-order chi connectivity index (χ0) is 26.9. The SMILES string of the molecule is CC[C@H](O)[C@@H](C)[C@H]1O[C@@H]1C[C@@](C)(O)/C=C/C=C(\C)[C@H]1NC(=O)CCCCCC(OC(C)=O)/C=C/[C@@H]1C. The molecule has 0 radical (unpaired) electrons. The number of epoxide rings is 1. The molecule has 0 aliphatic carbocycles. The van der Waals surface area contributed by atoms with Gasteiger partial charge in [0, 0.05) is 25.7 Å². The molecule has 2 aliphatic rings. The van der Waals surface area contributed by atoms with Crippen molar-refractivity contribution in [3.63, 3.8) is 0 Å². The second-order valence-electron chi connectivity index (χ2n) is 10.8. The van der Waals surface area contributed by atoms with E-state index in [1.807, 2.05) is 52.0 Å². The standard InChI is InChI=1S/C29H47NO6/c1-7-24(32)21(4)28-25(36-28)18-29(6,34)17-11-12-19(2)27-20(3)15-16-23(35-22(5)31)13-9-8-10-14-26(33)30-27/h11-12,15-17,20-21,23-25,27-28,32,34H,7-10,13-14,18H2,1-6H3,(H,30,33)/b16-15+,17-11+,19-12+/t20-,21+,23?,24-,25+,27+,28+,29-/m0/s1. The third kappa shape index (κ3) is 10.2. The van der Waals surface area contributed by atoms with E-state index in [9.17, 15) is 19.8 Å². The van der Waals surface area contributed by atoms with E-state index in [-0.39, 0.29) is 48.1 Å². The molecule has 2 aliphatic heterocycles. The fourth-order valence-electron chi connectivity index (χ4n) is 4.89. The molecule has 204 valence electrons. The van der Waals surface area contributed by atoms with Crippen molar-refractivity contribution in [3.8, 4) is 0 Å². The number of carbonyl (C=O) groups is 2. The van der Waals surface area contributed by atoms with Crippen LogP contribution in [-0.4, -0.2) is 58.1 Å². The highest BCUT2D eigenvalue weighted by Crippen LogP contribution is 2.37. The molecule has 0 aromatic carbocycles. The predicted octanol–water partition coefficient (Wildman–Crippen LogP) is 4.38. The molecule has 1 saturated heterocycles. The second kappa shape index (κ2) is 14.1. The summed E-state index contributed by atoms with van der Waals surface area (Å²) in [6.45, 7) is 11.1. The first-order valence-corrected chi connectivity index (χ1v) is 13.5. The Balaban J connectivity index is 2.06. The summed E-state index contributed by atoms with van der Waals surface area (Å²) in [5, 5.41) is 24.1. The van der Waals surface area contributed by atoms with E-state index < -0.39 is 11.7 Å². The Morgan fingerprint density at radius 2 is 2.03 bits per heavy atom. The van der Waals surface area contributed by atoms with E-state index in [0.717, 1.165) is 31.3 Å². The van der Waals surface area contributed by atoms with E-state index in [4.69, 9.17) is 9.47 Å². The molecule has 0 bridgehead atoms. The van der Waals surface area contributed by atoms with Crippen LogP contribution in [0.4, 0.5) is 0 Å². The van der Waals surface area contributed by atoms with Crippen LogP contribution in [0.3, 0.4) is 0 Å². The van der Waals surface area contributed by atoms with Gasteiger partial charge in [0.2, 0.25) is 5.91 Å². The van der Waals surface area contributed by atoms with Crippen LogP contribution >= 0.6 is 0 Å². The lowest BCUT2D eigenvalue weighted by Gasteiger charge is -2.25. The zero-order valence-corrected chi connectivity index (χ0v) is 22.9. The van der Waals surface area contributed by atoms with Gasteiger partial charge in [0.25, 0.3) is 0 Å². The van der Waals surface area contributed by atoms with Gasteiger partial charge in [-0.05, 0) is 51.5 Å². The first-order chi connectivity index (χ1) is 16.9. The molecule has 2 rings (SSSR count). The van der Waals surface area contributed by atoms with Crippen molar-refractivity contribution < 1.29 is 29.3 Å². The van der Waals surface area contributed by atoms with Crippen molar-refractivity contribution >= 4 is 11.9 Å². The average molecular weight is 506 g/mol. The lowest BCUT2D eigenvalue weighted by atomic mass is 9.91. The molecule has 7 heteroatoms. The fraction of sp³-hybridized carbons (Fsp3) is 0.724. The third-order valence-corrected chi connectivity index (χ3v) is 7.27. The number of amides is 1. The van der Waals surface area contributed by atoms with Gasteiger partial charge >= 0.3 is 5.97 Å². The van der Waals surface area contributed by atoms with Crippen molar-refractivity contribution in [2.45, 2.75) is 123 Å². The van der Waals surface area contributed by atoms with E-state index in [1.54, 1.807) is 13.0 Å². The molecule has 7 nitrogen and oxygen atoms in total. The van der Waals surface area contributed by atoms with Gasteiger partial charge in [0.15, 0.2) is 0 Å². The number of aliphatic hydroxyl groups is 2. The molecule has 1 amide bonds. The normalized spacial score (nSPS) is 32.4. The van der Waals surface area contributed by atoms with E-state index in [2.05, 4.69) is 5.32 Å². The molecule has 1 fully saturated rings. The van der Waals surface area contributed by atoms with Crippen molar-refractivity contribution in [3.05, 3.63) is 36.0 Å². The fourth-order valence-corrected chi connectivity index (χ4v) is 4.89. The average Bonchev–Trinajstić information content (AvgIpc) is 3.55. The van der Waals surface area contributed by atoms with Gasteiger partial charge in [-0.25, -0.2) is 0 Å². The number of ether oxygens (including phenoxy) is 2. The van der Waals surface area contributed by atoms with Crippen LogP contribution in [0.5, 0.6) is 0 Å². The lowest BCUT2D eigenvalue weighted by Crippen LogP contribution is -2.40. The van der Waals surface area contributed by atoms with Gasteiger partial charge in [-0.1, -0.05) is 57.1 Å². The molecular formula is C29H47NO6. The van der Waals surface area contributed by atoms with Crippen molar-refractivity contribution in [2.24, 2.45) is 11.8 Å². The quantitative estimate of drug-likeness (QED) is 0.186. The largest absolute Gasteiger partial charge is 0.458 e. The molecule has 0 spiro atoms. The van der Waals surface area contributed by atoms with Crippen molar-refractivity contribution in [2.75, 3.05) is 0 Å². The summed E-state index contributed by atoms with van der Waals surface area (Å²) in [7, 11) is 0. The maximum absolute atomic E-state index is 12.6. The Kier molecular flexibility index (Phi) is 11.9. The van der Waals surface area contributed by atoms with Crippen LogP contribution in [0.15, 0.2) is 36.0 Å². The number of hydrogen-bond donors (Lipinski definition) is 3. The first kappa shape index (κ1) is 30.3. The Morgan fingerprint density at radius 3 is 2.69 bits per heavy atom. The van der Waals surface area contributed by atoms with Crippen LogP contribution in [0.2, 0.25) is 0 Å². The molecule has 0 aromatic heterocycles. The summed E-state index contributed by atoms with van der Waals surface area (Å²) in [5.41, 5.74) is -0.0834. The van der Waals surface area contributed by atoms with Gasteiger partial charge in [0.05, 0.1) is 30.0 Å². The predicted molar refractivity (Wildman–Crippen MR) is 141 cm³/mol. The van der Waals surface area contributed by atoms with E-state index >= 15 is 0 Å². The highest BCUT2D eigenvalue weighted by molar-refractivity contribution is 5.76. The summed E-state index contributed by atoms with van der Waals surface area (Å²) < 4.78 is 11.2. The molecule has 8 atom stereocenters. The number of hydrogen-bond acceptors (Lipinski definition) is 6. The number of allylic oxidation sites excluding steroid dienone is 2. The summed E-state index contributed by atoms with van der Waals surface area (Å²) in [6, 6.07) is -0.215. The number of aliphatic hydroxyl groups excluding tert-OH is 1. The van der Waals surface area contributed by atoms with Gasteiger partial charge in [0.1, 0.15) is 6.10 Å². The Morgan fingerprint density at radius 1 is 1.31 bits per heavy atom. The number of nitrogens with one attached hydrogen (secondary N) is 1. The van der Waals surface area contributed by atoms with Crippen molar-refractivity contribution in [1.29, 1.82) is 0 Å². The van der Waals surface area contributed by atoms with Crippen LogP contribution in [0.25, 0.3) is 0 Å². The second-order valence-corrected chi connectivity index (χ2v) is 10.8. The summed E-state index contributed by atoms with van der Waals surface area (Å²) in [4.78, 5) is 24.0. The van der Waals surface area contributed by atoms with Crippen LogP contribution in [0.1, 0.15) is 86.5 Å². The van der Waals surface area contributed by atoms with Gasteiger partial charge in [-0.3, -0.25) is 9.59 Å². The Bertz CT molecular complexity index is 817. The number of rotatable bonds is 9. The molecule has 2 heterocycles. The molecule has 0 saturated carbocycles. The summed E-state index contributed by atoms with van der Waals surface area (Å²) >= 11 is 0. The maximum atomic E-state index is 12.6. The van der Waals surface area contributed by atoms with E-state index in [0.29, 0.717) is 19.3 Å². The smallest absolute Gasteiger partial charge is 0.303 e. The van der Waals surface area contributed by atoms with Crippen LogP contribution in [0, 0.1) is 11.8 Å². The highest BCUT2D eigenvalue weighted by atomic mass is 16.6. The molecule has 36 heavy (non-hydrogen) atoms. The monoisotopic (exact) mass is 505 g/mol. The highest BCUT2D eigenvalue weighted by Gasteiger charge is 2.47. The number of esters is 1. The first-order valence-electron chi connectivity index (χ1n) is 13.5. The van der Waals surface area contributed by atoms with Gasteiger partial charge in [-0.15, -0.1) is 0 Å². The molecule has 3 N–H and O–H groups in total. The maximum Gasteiger partial charge on any atom is 0.303 e. The Hall–Kier alpha value is -1.96. The van der Waals surface area contributed by atoms with Crippen molar-refractivity contribution in [1.82, 2.24) is 5.32 Å². The minimum Gasteiger partial charge on any atom is -0.458 e. The van der Waals surface area contributed by atoms with Gasteiger partial charge in [-0.2, -0.15) is 0 Å². The van der Waals surface area contributed by atoms with Crippen LogP contribution < -0.4 is 5.32 Å². The van der Waals surface area contributed by atoms with Crippen LogP contribution in [-0.2, 0) is 19.1 Å². The zero-order valence-electron chi connectivity index (χ0n) is 22.9. The Labute approximate surface area is 217 Å². The number of carbonyl (C=O) groups excluding carboxylic acids is 2. The van der Waals surface area contributed by atoms with E-state index in [1.165, 1.54) is 6.92 Å².